The van der Waals surface area contributed by atoms with Crippen molar-refractivity contribution in [2.45, 2.75) is 0 Å². The van der Waals surface area contributed by atoms with Crippen LogP contribution in [-0.4, -0.2) is 15.2 Å². The van der Waals surface area contributed by atoms with E-state index in [1.165, 1.54) is 11.7 Å². The molecule has 0 saturated carbocycles. The van der Waals surface area contributed by atoms with Gasteiger partial charge < -0.3 is 0 Å². The van der Waals surface area contributed by atoms with E-state index in [9.17, 15) is 4.79 Å². The third kappa shape index (κ3) is 0.640. The molecule has 0 aliphatic rings. The zero-order chi connectivity index (χ0) is 6.97. The van der Waals surface area contributed by atoms with E-state index in [1.54, 1.807) is 0 Å². The molecule has 0 atom stereocenters. The number of nitrogens with one attached hydrogen (secondary N) is 1. The average Bonchev–Trinajstić information content (AvgIpc) is 2.36. The summed E-state index contributed by atoms with van der Waals surface area (Å²) in [5.74, 6) is 0. The highest BCUT2D eigenvalue weighted by Gasteiger charge is 1.98. The van der Waals surface area contributed by atoms with Crippen LogP contribution in [-0.2, 0) is 0 Å². The molecule has 5 heteroatoms. The Morgan fingerprint density at radius 3 is 3.30 bits per heavy atom. The number of hydrogen-bond donors (Lipinski definition) is 1. The predicted molar refractivity (Wildman–Crippen MR) is 38.0 cm³/mol. The van der Waals surface area contributed by atoms with Crippen molar-refractivity contribution in [1.29, 1.82) is 0 Å². The van der Waals surface area contributed by atoms with E-state index in [4.69, 9.17) is 0 Å². The molecular formula is C5H3N3OS. The molecule has 0 fully saturated rings. The Kier molecular flexibility index (Phi) is 1.04. The lowest BCUT2D eigenvalue weighted by Gasteiger charge is -1.79. The molecule has 4 nitrogen and oxygen atoms in total. The zero-order valence-corrected chi connectivity index (χ0v) is 5.68. The number of H-pyrrole nitrogens is 1. The van der Waals surface area contributed by atoms with Crippen molar-refractivity contribution in [3.8, 4) is 0 Å². The second-order valence-corrected chi connectivity index (χ2v) is 2.59. The van der Waals surface area contributed by atoms with E-state index in [0.29, 0.717) is 11.0 Å². The third-order valence-corrected chi connectivity index (χ3v) is 1.83. The van der Waals surface area contributed by atoms with E-state index < -0.39 is 0 Å². The van der Waals surface area contributed by atoms with Gasteiger partial charge >= 0.3 is 0 Å². The van der Waals surface area contributed by atoms with E-state index in [0.717, 1.165) is 11.3 Å². The van der Waals surface area contributed by atoms with Gasteiger partial charge in [0.1, 0.15) is 0 Å². The summed E-state index contributed by atoms with van der Waals surface area (Å²) in [6.07, 6.45) is 1.49. The first-order valence-electron chi connectivity index (χ1n) is 2.65. The zero-order valence-electron chi connectivity index (χ0n) is 4.87. The minimum absolute atomic E-state index is 0.00116. The van der Waals surface area contributed by atoms with Crippen molar-refractivity contribution >= 4 is 22.4 Å². The maximum absolute atomic E-state index is 11.0. The van der Waals surface area contributed by atoms with Gasteiger partial charge in [-0.15, -0.1) is 0 Å². The molecule has 2 aromatic heterocycles. The Labute approximate surface area is 59.5 Å². The summed E-state index contributed by atoms with van der Waals surface area (Å²) >= 11 is 1.07. The van der Waals surface area contributed by atoms with Gasteiger partial charge in [-0.05, 0) is 0 Å². The molecule has 2 heterocycles. The van der Waals surface area contributed by atoms with E-state index in [-0.39, 0.29) is 4.74 Å². The lowest BCUT2D eigenvalue weighted by Crippen LogP contribution is -1.92. The summed E-state index contributed by atoms with van der Waals surface area (Å²) in [7, 11) is 0. The molecule has 1 N–H and O–H groups in total. The lowest BCUT2D eigenvalue weighted by atomic mass is 10.5. The predicted octanol–water partition coefficient (Wildman–Crippen LogP) is 0.380. The molecular weight excluding hydrogens is 150 g/mol. The van der Waals surface area contributed by atoms with Gasteiger partial charge in [-0.3, -0.25) is 9.89 Å². The van der Waals surface area contributed by atoms with Gasteiger partial charge in [0.05, 0.1) is 17.1 Å². The quantitative estimate of drug-likeness (QED) is 0.595. The Hall–Kier alpha value is -1.23. The van der Waals surface area contributed by atoms with Crippen LogP contribution in [0.5, 0.6) is 0 Å². The van der Waals surface area contributed by atoms with Crippen molar-refractivity contribution in [1.82, 2.24) is 15.2 Å². The van der Waals surface area contributed by atoms with Crippen LogP contribution in [0.15, 0.2) is 16.5 Å². The number of hydrogen-bond acceptors (Lipinski definition) is 4. The minimum atomic E-state index is -0.00116. The van der Waals surface area contributed by atoms with Gasteiger partial charge in [0, 0.05) is 0 Å². The van der Waals surface area contributed by atoms with E-state index in [2.05, 4.69) is 15.2 Å². The molecule has 0 bridgehead atoms. The number of nitrogens with zero attached hydrogens (tertiary/aromatic N) is 2. The van der Waals surface area contributed by atoms with Crippen molar-refractivity contribution in [3.63, 3.8) is 0 Å². The van der Waals surface area contributed by atoms with Crippen molar-refractivity contribution < 1.29 is 0 Å². The Morgan fingerprint density at radius 1 is 1.60 bits per heavy atom. The highest BCUT2D eigenvalue weighted by molar-refractivity contribution is 7.07. The maximum Gasteiger partial charge on any atom is 0.246 e. The minimum Gasteiger partial charge on any atom is -0.277 e. The van der Waals surface area contributed by atoms with Gasteiger partial charge in [0.25, 0.3) is 0 Å². The summed E-state index contributed by atoms with van der Waals surface area (Å²) in [6, 6.07) is 0. The van der Waals surface area contributed by atoms with Crippen molar-refractivity contribution in [3.05, 3.63) is 21.2 Å². The molecule has 0 amide bonds. The number of fused-ring (bicyclic) bond motifs is 1. The fourth-order valence-corrected chi connectivity index (χ4v) is 1.25. The molecule has 0 aliphatic heterocycles. The SMILES string of the molecule is O=c1scnc2[nH]ncc12. The van der Waals surface area contributed by atoms with Crippen LogP contribution < -0.4 is 4.74 Å². The van der Waals surface area contributed by atoms with Crippen LogP contribution in [0.2, 0.25) is 0 Å². The summed E-state index contributed by atoms with van der Waals surface area (Å²) in [5.41, 5.74) is 2.06. The van der Waals surface area contributed by atoms with Crippen LogP contribution in [0, 0.1) is 0 Å². The summed E-state index contributed by atoms with van der Waals surface area (Å²) in [4.78, 5) is 14.9. The van der Waals surface area contributed by atoms with Gasteiger partial charge in [-0.1, -0.05) is 11.3 Å². The number of aromatic nitrogens is 3. The Bertz CT molecular complexity index is 404. The molecule has 50 valence electrons. The Morgan fingerprint density at radius 2 is 2.50 bits per heavy atom. The average molecular weight is 153 g/mol. The van der Waals surface area contributed by atoms with Gasteiger partial charge in [-0.25, -0.2) is 4.98 Å². The lowest BCUT2D eigenvalue weighted by molar-refractivity contribution is 1.10. The molecule has 0 aliphatic carbocycles. The smallest absolute Gasteiger partial charge is 0.246 e. The van der Waals surface area contributed by atoms with Gasteiger partial charge in [0.15, 0.2) is 5.65 Å². The monoisotopic (exact) mass is 153 g/mol. The van der Waals surface area contributed by atoms with Crippen LogP contribution in [0.25, 0.3) is 11.0 Å². The first-order chi connectivity index (χ1) is 4.88. The molecule has 0 aromatic carbocycles. The third-order valence-electron chi connectivity index (χ3n) is 1.18. The van der Waals surface area contributed by atoms with E-state index in [1.807, 2.05) is 0 Å². The molecule has 2 aromatic rings. The highest BCUT2D eigenvalue weighted by atomic mass is 32.1. The molecule has 2 rings (SSSR count). The molecule has 0 unspecified atom stereocenters. The number of rotatable bonds is 0. The molecule has 10 heavy (non-hydrogen) atoms. The second-order valence-electron chi connectivity index (χ2n) is 1.77. The summed E-state index contributed by atoms with van der Waals surface area (Å²) < 4.78 is -0.00116. The normalized spacial score (nSPS) is 10.4. The standard InChI is InChI=1S/C5H3N3OS/c9-5-3-1-7-8-4(3)6-2-10-5/h1-2H,(H,7,8). The Balaban J connectivity index is 3.09. The fraction of sp³-hybridized carbons (Fsp3) is 0. The van der Waals surface area contributed by atoms with Crippen LogP contribution in [0.3, 0.4) is 0 Å². The van der Waals surface area contributed by atoms with Crippen LogP contribution in [0.1, 0.15) is 0 Å². The highest BCUT2D eigenvalue weighted by Crippen LogP contribution is 2.00. The van der Waals surface area contributed by atoms with E-state index >= 15 is 0 Å². The topological polar surface area (TPSA) is 58.6 Å². The molecule has 0 saturated heterocycles. The van der Waals surface area contributed by atoms with Gasteiger partial charge in [0.2, 0.25) is 4.74 Å². The second kappa shape index (κ2) is 1.88. The largest absolute Gasteiger partial charge is 0.277 e. The summed E-state index contributed by atoms with van der Waals surface area (Å²) in [5, 5.41) is 6.85. The van der Waals surface area contributed by atoms with Crippen LogP contribution in [0.4, 0.5) is 0 Å². The first-order valence-corrected chi connectivity index (χ1v) is 3.53. The number of aromatic amines is 1. The maximum atomic E-state index is 11.0. The first kappa shape index (κ1) is 5.55. The van der Waals surface area contributed by atoms with Crippen LogP contribution >= 0.6 is 11.3 Å². The molecule has 0 spiro atoms. The van der Waals surface area contributed by atoms with Crippen molar-refractivity contribution in [2.24, 2.45) is 0 Å². The molecule has 0 radical (unpaired) electrons. The van der Waals surface area contributed by atoms with Gasteiger partial charge in [-0.2, -0.15) is 5.10 Å². The summed E-state index contributed by atoms with van der Waals surface area (Å²) in [6.45, 7) is 0. The fourth-order valence-electron chi connectivity index (χ4n) is 0.718. The van der Waals surface area contributed by atoms with Crippen molar-refractivity contribution in [2.75, 3.05) is 0 Å².